The van der Waals surface area contributed by atoms with Crippen LogP contribution >= 0.6 is 0 Å². The van der Waals surface area contributed by atoms with E-state index in [0.29, 0.717) is 5.92 Å². The Balaban J connectivity index is 2.37. The highest BCUT2D eigenvalue weighted by Gasteiger charge is 2.00. The van der Waals surface area contributed by atoms with E-state index in [0.717, 1.165) is 12.8 Å². The van der Waals surface area contributed by atoms with Crippen molar-refractivity contribution in [3.63, 3.8) is 0 Å². The van der Waals surface area contributed by atoms with Crippen molar-refractivity contribution < 1.29 is 0 Å². The summed E-state index contributed by atoms with van der Waals surface area (Å²) in [5.74, 6) is 0.483. The monoisotopic (exact) mass is 336 g/mol. The topological polar surface area (TPSA) is 0 Å². The first kappa shape index (κ1) is 21.2. The van der Waals surface area contributed by atoms with Crippen molar-refractivity contribution in [2.45, 2.75) is 72.6 Å². The van der Waals surface area contributed by atoms with Crippen LogP contribution in [0.25, 0.3) is 0 Å². The first-order valence-electron chi connectivity index (χ1n) is 9.67. The molecule has 0 fully saturated rings. The van der Waals surface area contributed by atoms with Crippen LogP contribution in [0.15, 0.2) is 77.4 Å². The number of hydrogen-bond donors (Lipinski definition) is 0. The first-order valence-corrected chi connectivity index (χ1v) is 9.67. The van der Waals surface area contributed by atoms with Gasteiger partial charge in [-0.2, -0.15) is 0 Å². The number of rotatable bonds is 10. The van der Waals surface area contributed by atoms with E-state index in [1.54, 1.807) is 0 Å². The first-order chi connectivity index (χ1) is 12.0. The summed E-state index contributed by atoms with van der Waals surface area (Å²) >= 11 is 0. The van der Waals surface area contributed by atoms with E-state index in [1.165, 1.54) is 41.5 Å². The summed E-state index contributed by atoms with van der Waals surface area (Å²) in [6.07, 6.45) is 17.4. The van der Waals surface area contributed by atoms with Crippen LogP contribution in [0.5, 0.6) is 0 Å². The van der Waals surface area contributed by atoms with Gasteiger partial charge in [-0.15, -0.1) is 0 Å². The molecule has 0 N–H and O–H groups in total. The molecule has 25 heavy (non-hydrogen) atoms. The molecular formula is C25H36. The molecule has 0 aliphatic heterocycles. The Morgan fingerprint density at radius 2 is 1.64 bits per heavy atom. The minimum Gasteiger partial charge on any atom is -0.0881 e. The highest BCUT2D eigenvalue weighted by Crippen LogP contribution is 2.18. The molecule has 0 aliphatic carbocycles. The molecule has 0 heterocycles. The maximum absolute atomic E-state index is 2.42. The summed E-state index contributed by atoms with van der Waals surface area (Å²) in [4.78, 5) is 0. The van der Waals surface area contributed by atoms with Gasteiger partial charge in [-0.05, 0) is 71.3 Å². The number of benzene rings is 1. The third-order valence-corrected chi connectivity index (χ3v) is 4.59. The van der Waals surface area contributed by atoms with E-state index in [9.17, 15) is 0 Å². The van der Waals surface area contributed by atoms with Crippen molar-refractivity contribution in [2.24, 2.45) is 0 Å². The Hall–Kier alpha value is -1.82. The maximum Gasteiger partial charge on any atom is -0.00103 e. The molecule has 0 radical (unpaired) electrons. The van der Waals surface area contributed by atoms with Gasteiger partial charge >= 0.3 is 0 Å². The van der Waals surface area contributed by atoms with Crippen LogP contribution in [0.3, 0.4) is 0 Å². The second kappa shape index (κ2) is 12.5. The van der Waals surface area contributed by atoms with Crippen molar-refractivity contribution in [2.75, 3.05) is 0 Å². The largest absolute Gasteiger partial charge is 0.0881 e. The summed E-state index contributed by atoms with van der Waals surface area (Å²) in [5, 5.41) is 0. The molecule has 0 saturated heterocycles. The Morgan fingerprint density at radius 3 is 2.28 bits per heavy atom. The highest BCUT2D eigenvalue weighted by molar-refractivity contribution is 5.23. The van der Waals surface area contributed by atoms with Gasteiger partial charge in [0.15, 0.2) is 0 Å². The van der Waals surface area contributed by atoms with Gasteiger partial charge in [0.2, 0.25) is 0 Å². The molecule has 0 heteroatoms. The SMILES string of the molecule is CC=C(C/C=C/C(C)c1ccccc1)CC/C=C(\C)CCC=C(C)C. The summed E-state index contributed by atoms with van der Waals surface area (Å²) in [7, 11) is 0. The highest BCUT2D eigenvalue weighted by atomic mass is 14.1. The molecule has 1 atom stereocenters. The summed E-state index contributed by atoms with van der Waals surface area (Å²) < 4.78 is 0. The van der Waals surface area contributed by atoms with E-state index in [4.69, 9.17) is 0 Å². The van der Waals surface area contributed by atoms with Crippen LogP contribution in [-0.4, -0.2) is 0 Å². The van der Waals surface area contributed by atoms with Crippen molar-refractivity contribution in [3.05, 3.63) is 83.0 Å². The average Bonchev–Trinajstić information content (AvgIpc) is 2.60. The summed E-state index contributed by atoms with van der Waals surface area (Å²) in [6.45, 7) is 11.0. The second-order valence-corrected chi connectivity index (χ2v) is 7.19. The van der Waals surface area contributed by atoms with Gasteiger partial charge in [0.05, 0.1) is 0 Å². The lowest BCUT2D eigenvalue weighted by Gasteiger charge is -2.07. The van der Waals surface area contributed by atoms with Crippen molar-refractivity contribution in [1.29, 1.82) is 0 Å². The minimum atomic E-state index is 0.483. The lowest BCUT2D eigenvalue weighted by atomic mass is 9.99. The van der Waals surface area contributed by atoms with Crippen molar-refractivity contribution >= 4 is 0 Å². The summed E-state index contributed by atoms with van der Waals surface area (Å²) in [5.41, 5.74) is 5.85. The van der Waals surface area contributed by atoms with E-state index in [1.807, 2.05) is 0 Å². The third-order valence-electron chi connectivity index (χ3n) is 4.59. The van der Waals surface area contributed by atoms with Gasteiger partial charge in [-0.25, -0.2) is 0 Å². The van der Waals surface area contributed by atoms with Crippen LogP contribution in [0.1, 0.15) is 78.2 Å². The molecule has 1 rings (SSSR count). The van der Waals surface area contributed by atoms with Crippen molar-refractivity contribution in [1.82, 2.24) is 0 Å². The standard InChI is InChI=1S/C25H36/c1-6-24(17-11-15-22(4)14-10-13-21(2)3)18-12-16-23(5)25-19-8-7-9-20-25/h6-9,12-13,15-16,19-20,23H,10-11,14,17-18H2,1-5H3/b16-12+,22-15+,24-6?. The fraction of sp³-hybridized carbons (Fsp3) is 0.440. The lowest BCUT2D eigenvalue weighted by molar-refractivity contribution is 0.895. The van der Waals surface area contributed by atoms with E-state index >= 15 is 0 Å². The summed E-state index contributed by atoms with van der Waals surface area (Å²) in [6, 6.07) is 10.7. The van der Waals surface area contributed by atoms with Crippen LogP contribution in [0, 0.1) is 0 Å². The van der Waals surface area contributed by atoms with Gasteiger partial charge in [0.25, 0.3) is 0 Å². The number of hydrogen-bond acceptors (Lipinski definition) is 0. The third kappa shape index (κ3) is 9.92. The van der Waals surface area contributed by atoms with Crippen molar-refractivity contribution in [3.8, 4) is 0 Å². The molecule has 1 aromatic carbocycles. The zero-order valence-electron chi connectivity index (χ0n) is 16.9. The second-order valence-electron chi connectivity index (χ2n) is 7.19. The van der Waals surface area contributed by atoms with Gasteiger partial charge in [-0.1, -0.05) is 84.4 Å². The molecule has 0 aromatic heterocycles. The van der Waals surface area contributed by atoms with Gasteiger partial charge in [-0.3, -0.25) is 0 Å². The molecule has 1 unspecified atom stereocenters. The molecule has 0 bridgehead atoms. The predicted octanol–water partition coefficient (Wildman–Crippen LogP) is 8.16. The maximum atomic E-state index is 2.42. The van der Waals surface area contributed by atoms with Crippen LogP contribution < -0.4 is 0 Å². The van der Waals surface area contributed by atoms with Crippen LogP contribution in [0.2, 0.25) is 0 Å². The fourth-order valence-electron chi connectivity index (χ4n) is 2.85. The van der Waals surface area contributed by atoms with E-state index in [-0.39, 0.29) is 0 Å². The minimum absolute atomic E-state index is 0.483. The Labute approximate surface area is 156 Å². The van der Waals surface area contributed by atoms with Gasteiger partial charge in [0, 0.05) is 0 Å². The van der Waals surface area contributed by atoms with E-state index in [2.05, 4.69) is 95.3 Å². The molecule has 0 saturated carbocycles. The molecule has 0 amide bonds. The molecular weight excluding hydrogens is 300 g/mol. The molecule has 136 valence electrons. The molecule has 0 spiro atoms. The van der Waals surface area contributed by atoms with Gasteiger partial charge in [0.1, 0.15) is 0 Å². The number of allylic oxidation sites excluding steroid dienone is 8. The molecule has 0 aliphatic rings. The molecule has 1 aromatic rings. The quantitative estimate of drug-likeness (QED) is 0.378. The van der Waals surface area contributed by atoms with Crippen LogP contribution in [-0.2, 0) is 0 Å². The van der Waals surface area contributed by atoms with Gasteiger partial charge < -0.3 is 0 Å². The normalized spacial score (nSPS) is 14.0. The lowest BCUT2D eigenvalue weighted by Crippen LogP contribution is -1.88. The average molecular weight is 337 g/mol. The Morgan fingerprint density at radius 1 is 0.960 bits per heavy atom. The zero-order chi connectivity index (χ0) is 18.5. The van der Waals surface area contributed by atoms with Crippen LogP contribution in [0.4, 0.5) is 0 Å². The smallest absolute Gasteiger partial charge is 0.00103 e. The zero-order valence-corrected chi connectivity index (χ0v) is 16.9. The fourth-order valence-corrected chi connectivity index (χ4v) is 2.85. The molecule has 0 nitrogen and oxygen atoms in total. The Kier molecular flexibility index (Phi) is 10.6. The van der Waals surface area contributed by atoms with E-state index < -0.39 is 0 Å². The predicted molar refractivity (Wildman–Crippen MR) is 114 cm³/mol. The Bertz CT molecular complexity index is 592.